The van der Waals surface area contributed by atoms with Gasteiger partial charge in [0, 0.05) is 29.7 Å². The summed E-state index contributed by atoms with van der Waals surface area (Å²) in [5.41, 5.74) is 12.1. The van der Waals surface area contributed by atoms with Crippen LogP contribution in [0.1, 0.15) is 6.42 Å². The lowest BCUT2D eigenvalue weighted by Crippen LogP contribution is -2.02. The van der Waals surface area contributed by atoms with Gasteiger partial charge in [-0.1, -0.05) is 78.4 Å². The first-order valence-corrected chi connectivity index (χ1v) is 8.74. The molecule has 0 spiro atoms. The SMILES string of the molecule is NCC1=CC=C(Cn2c(-c3ccccc3)cc3ccccc32)C=CC1. The molecule has 25 heavy (non-hydrogen) atoms. The van der Waals surface area contributed by atoms with E-state index in [2.05, 4.69) is 89.5 Å². The number of nitrogens with two attached hydrogens (primary N) is 1. The van der Waals surface area contributed by atoms with Gasteiger partial charge in [-0.2, -0.15) is 0 Å². The van der Waals surface area contributed by atoms with Crippen molar-refractivity contribution in [2.45, 2.75) is 13.0 Å². The first-order valence-electron chi connectivity index (χ1n) is 8.74. The Hall–Kier alpha value is -2.84. The molecule has 0 atom stereocenters. The smallest absolute Gasteiger partial charge is 0.0494 e. The predicted octanol–water partition coefficient (Wildman–Crippen LogP) is 5.08. The van der Waals surface area contributed by atoms with Crippen molar-refractivity contribution in [1.29, 1.82) is 0 Å². The molecule has 1 aliphatic rings. The third-order valence-corrected chi connectivity index (χ3v) is 4.73. The fourth-order valence-corrected chi connectivity index (χ4v) is 3.38. The van der Waals surface area contributed by atoms with Crippen molar-refractivity contribution in [2.75, 3.05) is 6.54 Å². The van der Waals surface area contributed by atoms with E-state index in [1.807, 2.05) is 0 Å². The van der Waals surface area contributed by atoms with Gasteiger partial charge < -0.3 is 10.3 Å². The molecule has 0 unspecified atom stereocenters. The summed E-state index contributed by atoms with van der Waals surface area (Å²) in [7, 11) is 0. The van der Waals surface area contributed by atoms with Gasteiger partial charge in [0.15, 0.2) is 0 Å². The Balaban J connectivity index is 1.81. The number of para-hydroxylation sites is 1. The number of aromatic nitrogens is 1. The van der Waals surface area contributed by atoms with E-state index in [4.69, 9.17) is 5.73 Å². The summed E-state index contributed by atoms with van der Waals surface area (Å²) in [6, 6.07) is 21.5. The van der Waals surface area contributed by atoms with Crippen molar-refractivity contribution in [1.82, 2.24) is 4.57 Å². The van der Waals surface area contributed by atoms with Crippen molar-refractivity contribution < 1.29 is 0 Å². The van der Waals surface area contributed by atoms with Crippen LogP contribution in [0.4, 0.5) is 0 Å². The second-order valence-corrected chi connectivity index (χ2v) is 6.42. The Kier molecular flexibility index (Phi) is 4.36. The lowest BCUT2D eigenvalue weighted by molar-refractivity contribution is 0.844. The monoisotopic (exact) mass is 326 g/mol. The summed E-state index contributed by atoms with van der Waals surface area (Å²) in [5, 5.41) is 1.28. The van der Waals surface area contributed by atoms with Crippen LogP contribution in [0.5, 0.6) is 0 Å². The van der Waals surface area contributed by atoms with Crippen molar-refractivity contribution in [3.63, 3.8) is 0 Å². The van der Waals surface area contributed by atoms with E-state index in [1.165, 1.54) is 33.3 Å². The minimum Gasteiger partial charge on any atom is -0.336 e. The van der Waals surface area contributed by atoms with Crippen LogP contribution in [-0.2, 0) is 6.54 Å². The number of allylic oxidation sites excluding steroid dienone is 5. The number of rotatable bonds is 4. The highest BCUT2D eigenvalue weighted by atomic mass is 15.0. The zero-order chi connectivity index (χ0) is 17.1. The van der Waals surface area contributed by atoms with Gasteiger partial charge in [-0.3, -0.25) is 0 Å². The van der Waals surface area contributed by atoms with Crippen LogP contribution in [0.25, 0.3) is 22.2 Å². The number of fused-ring (bicyclic) bond motifs is 1. The minimum atomic E-state index is 0.621. The molecule has 2 nitrogen and oxygen atoms in total. The van der Waals surface area contributed by atoms with Crippen LogP contribution in [0.2, 0.25) is 0 Å². The van der Waals surface area contributed by atoms with E-state index in [1.54, 1.807) is 0 Å². The average molecular weight is 326 g/mol. The third kappa shape index (κ3) is 3.21. The van der Waals surface area contributed by atoms with Gasteiger partial charge >= 0.3 is 0 Å². The van der Waals surface area contributed by atoms with Crippen LogP contribution in [0.3, 0.4) is 0 Å². The number of hydrogen-bond donors (Lipinski definition) is 1. The molecular weight excluding hydrogens is 304 g/mol. The lowest BCUT2D eigenvalue weighted by atomic mass is 10.1. The zero-order valence-electron chi connectivity index (χ0n) is 14.2. The number of benzene rings is 2. The van der Waals surface area contributed by atoms with Crippen molar-refractivity contribution in [3.05, 3.63) is 96.1 Å². The Bertz CT molecular complexity index is 972. The van der Waals surface area contributed by atoms with E-state index in [0.29, 0.717) is 6.54 Å². The molecule has 0 bridgehead atoms. The van der Waals surface area contributed by atoms with E-state index in [0.717, 1.165) is 13.0 Å². The fraction of sp³-hybridized carbons (Fsp3) is 0.130. The van der Waals surface area contributed by atoms with Crippen LogP contribution < -0.4 is 5.73 Å². The normalized spacial score (nSPS) is 14.3. The molecule has 0 amide bonds. The van der Waals surface area contributed by atoms with Gasteiger partial charge in [0.1, 0.15) is 0 Å². The van der Waals surface area contributed by atoms with Crippen molar-refractivity contribution in [2.24, 2.45) is 5.73 Å². The Labute approximate surface area is 148 Å². The van der Waals surface area contributed by atoms with Gasteiger partial charge in [0.25, 0.3) is 0 Å². The molecule has 2 aromatic carbocycles. The second kappa shape index (κ2) is 6.96. The largest absolute Gasteiger partial charge is 0.336 e. The average Bonchev–Trinajstić information content (AvgIpc) is 2.87. The quantitative estimate of drug-likeness (QED) is 0.712. The number of nitrogens with zero attached hydrogens (tertiary/aromatic N) is 1. The molecule has 1 heterocycles. The van der Waals surface area contributed by atoms with Crippen LogP contribution in [0.15, 0.2) is 96.1 Å². The second-order valence-electron chi connectivity index (χ2n) is 6.42. The highest BCUT2D eigenvalue weighted by Gasteiger charge is 2.11. The topological polar surface area (TPSA) is 30.9 Å². The Morgan fingerprint density at radius 3 is 2.56 bits per heavy atom. The highest BCUT2D eigenvalue weighted by Crippen LogP contribution is 2.29. The first-order chi connectivity index (χ1) is 12.3. The van der Waals surface area contributed by atoms with Crippen molar-refractivity contribution >= 4 is 10.9 Å². The summed E-state index contributed by atoms with van der Waals surface area (Å²) in [6.45, 7) is 1.47. The van der Waals surface area contributed by atoms with Gasteiger partial charge in [-0.05, 0) is 29.7 Å². The highest BCUT2D eigenvalue weighted by molar-refractivity contribution is 5.87. The van der Waals surface area contributed by atoms with E-state index >= 15 is 0 Å². The molecular formula is C23H22N2. The molecule has 2 heteroatoms. The standard InChI is InChI=1S/C23H22N2/c24-16-18-7-6-8-19(14-13-18)17-25-22-12-5-4-11-21(22)15-23(25)20-9-2-1-3-10-20/h1-6,8-15H,7,16-17,24H2. The lowest BCUT2D eigenvalue weighted by Gasteiger charge is -2.12. The van der Waals surface area contributed by atoms with Crippen LogP contribution in [-0.4, -0.2) is 11.1 Å². The minimum absolute atomic E-state index is 0.621. The zero-order valence-corrected chi connectivity index (χ0v) is 14.2. The molecule has 4 rings (SSSR count). The molecule has 2 N–H and O–H groups in total. The van der Waals surface area contributed by atoms with Gasteiger partial charge in [-0.25, -0.2) is 0 Å². The van der Waals surface area contributed by atoms with Crippen LogP contribution in [0, 0.1) is 0 Å². The Morgan fingerprint density at radius 1 is 0.920 bits per heavy atom. The van der Waals surface area contributed by atoms with Gasteiger partial charge in [0.05, 0.1) is 0 Å². The summed E-state index contributed by atoms with van der Waals surface area (Å²) in [4.78, 5) is 0. The van der Waals surface area contributed by atoms with E-state index in [-0.39, 0.29) is 0 Å². The van der Waals surface area contributed by atoms with Gasteiger partial charge in [0.2, 0.25) is 0 Å². The summed E-state index contributed by atoms with van der Waals surface area (Å²) in [5.74, 6) is 0. The summed E-state index contributed by atoms with van der Waals surface area (Å²) < 4.78 is 2.40. The summed E-state index contributed by atoms with van der Waals surface area (Å²) in [6.07, 6.45) is 9.75. The van der Waals surface area contributed by atoms with Crippen molar-refractivity contribution in [3.8, 4) is 11.3 Å². The Morgan fingerprint density at radius 2 is 1.72 bits per heavy atom. The molecule has 3 aromatic rings. The third-order valence-electron chi connectivity index (χ3n) is 4.73. The maximum absolute atomic E-state index is 5.79. The molecule has 0 saturated heterocycles. The van der Waals surface area contributed by atoms with E-state index < -0.39 is 0 Å². The number of hydrogen-bond acceptors (Lipinski definition) is 1. The summed E-state index contributed by atoms with van der Waals surface area (Å²) >= 11 is 0. The fourth-order valence-electron chi connectivity index (χ4n) is 3.38. The van der Waals surface area contributed by atoms with Crippen LogP contribution >= 0.6 is 0 Å². The molecule has 1 aromatic heterocycles. The molecule has 0 saturated carbocycles. The van der Waals surface area contributed by atoms with Gasteiger partial charge in [-0.15, -0.1) is 0 Å². The molecule has 0 fully saturated rings. The molecule has 0 aliphatic heterocycles. The molecule has 1 aliphatic carbocycles. The molecule has 124 valence electrons. The molecule has 0 radical (unpaired) electrons. The maximum atomic E-state index is 5.79. The maximum Gasteiger partial charge on any atom is 0.0494 e. The predicted molar refractivity (Wildman–Crippen MR) is 106 cm³/mol. The first kappa shape index (κ1) is 15.7. The van der Waals surface area contributed by atoms with E-state index in [9.17, 15) is 0 Å².